The lowest BCUT2D eigenvalue weighted by Gasteiger charge is -2.18. The summed E-state index contributed by atoms with van der Waals surface area (Å²) in [5.74, 6) is 0.230. The molecule has 0 bridgehead atoms. The van der Waals surface area contributed by atoms with Crippen molar-refractivity contribution in [2.24, 2.45) is 5.92 Å². The average molecular weight is 389 g/mol. The fraction of sp³-hybridized carbons (Fsp3) is 0.261. The van der Waals surface area contributed by atoms with Crippen LogP contribution in [-0.4, -0.2) is 23.3 Å². The van der Waals surface area contributed by atoms with Gasteiger partial charge in [-0.2, -0.15) is 0 Å². The molecular formula is C23H23N3O3. The molecular weight excluding hydrogens is 366 g/mol. The van der Waals surface area contributed by atoms with Gasteiger partial charge >= 0.3 is 0 Å². The summed E-state index contributed by atoms with van der Waals surface area (Å²) >= 11 is 0. The van der Waals surface area contributed by atoms with Gasteiger partial charge in [0, 0.05) is 31.4 Å². The second-order valence-electron chi connectivity index (χ2n) is 7.42. The van der Waals surface area contributed by atoms with E-state index >= 15 is 0 Å². The Hall–Kier alpha value is -3.41. The SMILES string of the molecule is Cc1ccc(N2C[C@@H](C(=O)NCc3ccc(-c4ccco4)nc3)CC2=O)cc1C. The molecule has 1 fully saturated rings. The van der Waals surface area contributed by atoms with E-state index in [9.17, 15) is 9.59 Å². The van der Waals surface area contributed by atoms with Crippen LogP contribution in [0, 0.1) is 19.8 Å². The maximum Gasteiger partial charge on any atom is 0.227 e. The molecule has 1 aromatic carbocycles. The molecule has 4 rings (SSSR count). The number of rotatable bonds is 5. The molecule has 1 aliphatic heterocycles. The van der Waals surface area contributed by atoms with Crippen molar-refractivity contribution in [3.63, 3.8) is 0 Å². The number of pyridine rings is 1. The zero-order chi connectivity index (χ0) is 20.4. The van der Waals surface area contributed by atoms with E-state index < -0.39 is 0 Å². The summed E-state index contributed by atoms with van der Waals surface area (Å²) in [7, 11) is 0. The minimum absolute atomic E-state index is 0.0159. The number of aryl methyl sites for hydroxylation is 2. The summed E-state index contributed by atoms with van der Waals surface area (Å²) in [5, 5.41) is 2.93. The van der Waals surface area contributed by atoms with Crippen molar-refractivity contribution in [3.8, 4) is 11.5 Å². The van der Waals surface area contributed by atoms with Crippen molar-refractivity contribution in [2.75, 3.05) is 11.4 Å². The van der Waals surface area contributed by atoms with Crippen molar-refractivity contribution in [3.05, 3.63) is 71.6 Å². The molecule has 1 saturated heterocycles. The van der Waals surface area contributed by atoms with Crippen molar-refractivity contribution in [2.45, 2.75) is 26.8 Å². The standard InChI is InChI=1S/C23H23N3O3/c1-15-5-7-19(10-16(15)2)26-14-18(11-22(26)27)23(28)25-13-17-6-8-20(24-12-17)21-4-3-9-29-21/h3-10,12,18H,11,13-14H2,1-2H3,(H,25,28)/t18-/m0/s1. The van der Waals surface area contributed by atoms with Gasteiger partial charge < -0.3 is 14.6 Å². The van der Waals surface area contributed by atoms with Crippen LogP contribution in [0.3, 0.4) is 0 Å². The number of carbonyl (C=O) groups excluding carboxylic acids is 2. The summed E-state index contributed by atoms with van der Waals surface area (Å²) in [4.78, 5) is 31.1. The molecule has 1 atom stereocenters. The van der Waals surface area contributed by atoms with E-state index in [0.29, 0.717) is 18.8 Å². The van der Waals surface area contributed by atoms with Crippen LogP contribution in [0.4, 0.5) is 5.69 Å². The summed E-state index contributed by atoms with van der Waals surface area (Å²) in [5.41, 5.74) is 4.81. The van der Waals surface area contributed by atoms with Crippen molar-refractivity contribution in [1.29, 1.82) is 0 Å². The van der Waals surface area contributed by atoms with Gasteiger partial charge in [-0.1, -0.05) is 12.1 Å². The molecule has 0 saturated carbocycles. The Labute approximate surface area is 169 Å². The molecule has 148 valence electrons. The van der Waals surface area contributed by atoms with Crippen molar-refractivity contribution >= 4 is 17.5 Å². The highest BCUT2D eigenvalue weighted by atomic mass is 16.3. The Balaban J connectivity index is 1.35. The number of carbonyl (C=O) groups is 2. The zero-order valence-electron chi connectivity index (χ0n) is 16.5. The van der Waals surface area contributed by atoms with E-state index in [4.69, 9.17) is 4.42 Å². The predicted octanol–water partition coefficient (Wildman–Crippen LogP) is 3.63. The molecule has 2 aromatic heterocycles. The van der Waals surface area contributed by atoms with Gasteiger partial charge in [0.25, 0.3) is 0 Å². The number of hydrogen-bond acceptors (Lipinski definition) is 4. The van der Waals surface area contributed by atoms with E-state index in [1.165, 1.54) is 5.56 Å². The van der Waals surface area contributed by atoms with E-state index in [-0.39, 0.29) is 24.2 Å². The van der Waals surface area contributed by atoms with Crippen LogP contribution in [0.5, 0.6) is 0 Å². The lowest BCUT2D eigenvalue weighted by atomic mass is 10.1. The van der Waals surface area contributed by atoms with Gasteiger partial charge in [-0.05, 0) is 60.9 Å². The first kappa shape index (κ1) is 18.9. The number of hydrogen-bond donors (Lipinski definition) is 1. The molecule has 3 aromatic rings. The fourth-order valence-electron chi connectivity index (χ4n) is 3.46. The number of furan rings is 1. The Morgan fingerprint density at radius 3 is 2.76 bits per heavy atom. The Morgan fingerprint density at radius 1 is 1.21 bits per heavy atom. The van der Waals surface area contributed by atoms with Gasteiger partial charge in [-0.15, -0.1) is 0 Å². The number of benzene rings is 1. The highest BCUT2D eigenvalue weighted by Gasteiger charge is 2.35. The largest absolute Gasteiger partial charge is 0.463 e. The van der Waals surface area contributed by atoms with Gasteiger partial charge in [0.1, 0.15) is 5.69 Å². The van der Waals surface area contributed by atoms with Gasteiger partial charge in [-0.25, -0.2) is 0 Å². The molecule has 0 unspecified atom stereocenters. The monoisotopic (exact) mass is 389 g/mol. The average Bonchev–Trinajstić information content (AvgIpc) is 3.39. The van der Waals surface area contributed by atoms with E-state index in [1.807, 2.05) is 56.3 Å². The Morgan fingerprint density at radius 2 is 2.07 bits per heavy atom. The van der Waals surface area contributed by atoms with Crippen LogP contribution in [0.2, 0.25) is 0 Å². The van der Waals surface area contributed by atoms with Crippen molar-refractivity contribution < 1.29 is 14.0 Å². The van der Waals surface area contributed by atoms with Gasteiger partial charge in [0.2, 0.25) is 11.8 Å². The maximum atomic E-state index is 12.6. The molecule has 6 heteroatoms. The van der Waals surface area contributed by atoms with Crippen LogP contribution >= 0.6 is 0 Å². The second kappa shape index (κ2) is 7.91. The quantitative estimate of drug-likeness (QED) is 0.723. The predicted molar refractivity (Wildman–Crippen MR) is 110 cm³/mol. The first-order valence-corrected chi connectivity index (χ1v) is 9.65. The highest BCUT2D eigenvalue weighted by molar-refractivity contribution is 6.00. The van der Waals surface area contributed by atoms with Crippen LogP contribution in [0.25, 0.3) is 11.5 Å². The lowest BCUT2D eigenvalue weighted by molar-refractivity contribution is -0.126. The Bertz CT molecular complexity index is 1030. The molecule has 0 aliphatic carbocycles. The first-order chi connectivity index (χ1) is 14.0. The number of nitrogens with one attached hydrogen (secondary N) is 1. The molecule has 1 N–H and O–H groups in total. The second-order valence-corrected chi connectivity index (χ2v) is 7.42. The van der Waals surface area contributed by atoms with Crippen LogP contribution in [0.15, 0.2) is 59.3 Å². The lowest BCUT2D eigenvalue weighted by Crippen LogP contribution is -2.32. The fourth-order valence-corrected chi connectivity index (χ4v) is 3.46. The summed E-state index contributed by atoms with van der Waals surface area (Å²) < 4.78 is 5.33. The molecule has 2 amide bonds. The van der Waals surface area contributed by atoms with Crippen LogP contribution in [0.1, 0.15) is 23.1 Å². The van der Waals surface area contributed by atoms with E-state index in [0.717, 1.165) is 22.5 Å². The minimum Gasteiger partial charge on any atom is -0.463 e. The zero-order valence-corrected chi connectivity index (χ0v) is 16.5. The number of nitrogens with zero attached hydrogens (tertiary/aromatic N) is 2. The van der Waals surface area contributed by atoms with E-state index in [2.05, 4.69) is 10.3 Å². The Kier molecular flexibility index (Phi) is 5.16. The van der Waals surface area contributed by atoms with Gasteiger partial charge in [0.05, 0.1) is 12.2 Å². The molecule has 29 heavy (non-hydrogen) atoms. The molecule has 3 heterocycles. The molecule has 0 radical (unpaired) electrons. The highest BCUT2D eigenvalue weighted by Crippen LogP contribution is 2.27. The molecule has 0 spiro atoms. The van der Waals surface area contributed by atoms with E-state index in [1.54, 1.807) is 17.4 Å². The number of anilines is 1. The smallest absolute Gasteiger partial charge is 0.227 e. The number of aromatic nitrogens is 1. The third-order valence-electron chi connectivity index (χ3n) is 5.36. The summed E-state index contributed by atoms with van der Waals surface area (Å²) in [6.07, 6.45) is 3.56. The first-order valence-electron chi connectivity index (χ1n) is 9.65. The number of amides is 2. The van der Waals surface area contributed by atoms with Gasteiger partial charge in [0.15, 0.2) is 5.76 Å². The third kappa shape index (κ3) is 4.06. The van der Waals surface area contributed by atoms with Crippen LogP contribution in [-0.2, 0) is 16.1 Å². The normalized spacial score (nSPS) is 16.3. The van der Waals surface area contributed by atoms with Gasteiger partial charge in [-0.3, -0.25) is 14.6 Å². The third-order valence-corrected chi connectivity index (χ3v) is 5.36. The molecule has 6 nitrogen and oxygen atoms in total. The van der Waals surface area contributed by atoms with Crippen LogP contribution < -0.4 is 10.2 Å². The van der Waals surface area contributed by atoms with Crippen molar-refractivity contribution in [1.82, 2.24) is 10.3 Å². The molecule has 1 aliphatic rings. The topological polar surface area (TPSA) is 75.4 Å². The maximum absolute atomic E-state index is 12.6. The minimum atomic E-state index is -0.348. The summed E-state index contributed by atoms with van der Waals surface area (Å²) in [6, 6.07) is 13.4. The summed E-state index contributed by atoms with van der Waals surface area (Å²) in [6.45, 7) is 4.84.